The van der Waals surface area contributed by atoms with E-state index in [4.69, 9.17) is 4.52 Å². The molecular formula is C15H24N4O2. The maximum absolute atomic E-state index is 11.8. The Morgan fingerprint density at radius 1 is 1.33 bits per heavy atom. The van der Waals surface area contributed by atoms with Crippen LogP contribution in [-0.2, 0) is 11.3 Å². The Balaban J connectivity index is 1.43. The molecule has 0 bridgehead atoms. The summed E-state index contributed by atoms with van der Waals surface area (Å²) >= 11 is 0. The number of amides is 1. The Morgan fingerprint density at radius 3 is 2.62 bits per heavy atom. The Bertz CT molecular complexity index is 488. The first-order valence-corrected chi connectivity index (χ1v) is 7.97. The lowest BCUT2D eigenvalue weighted by molar-refractivity contribution is -0.123. The van der Waals surface area contributed by atoms with E-state index < -0.39 is 0 Å². The number of piperidine rings is 1. The third-order valence-electron chi connectivity index (χ3n) is 4.24. The van der Waals surface area contributed by atoms with Gasteiger partial charge in [0.25, 0.3) is 0 Å². The Morgan fingerprint density at radius 2 is 2.05 bits per heavy atom. The van der Waals surface area contributed by atoms with Crippen molar-refractivity contribution in [2.75, 3.05) is 13.1 Å². The van der Waals surface area contributed by atoms with E-state index in [1.807, 2.05) is 0 Å². The normalized spacial score (nSPS) is 20.9. The van der Waals surface area contributed by atoms with E-state index in [-0.39, 0.29) is 5.91 Å². The third kappa shape index (κ3) is 3.81. The molecule has 1 amide bonds. The number of hydrogen-bond acceptors (Lipinski definition) is 5. The largest absolute Gasteiger partial charge is 0.353 e. The number of aromatic nitrogens is 2. The Labute approximate surface area is 125 Å². The van der Waals surface area contributed by atoms with Gasteiger partial charge in [-0.3, -0.25) is 9.69 Å². The number of nitrogens with one attached hydrogen (secondary N) is 1. The number of likely N-dealkylation sites (tertiary alicyclic amines) is 1. The molecule has 2 heterocycles. The van der Waals surface area contributed by atoms with E-state index >= 15 is 0 Å². The van der Waals surface area contributed by atoms with Crippen LogP contribution in [0, 0.1) is 5.92 Å². The number of nitrogens with zero attached hydrogens (tertiary/aromatic N) is 3. The molecule has 1 aliphatic carbocycles. The van der Waals surface area contributed by atoms with E-state index in [9.17, 15) is 4.79 Å². The molecule has 1 aromatic rings. The van der Waals surface area contributed by atoms with Gasteiger partial charge in [-0.15, -0.1) is 0 Å². The van der Waals surface area contributed by atoms with Crippen molar-refractivity contribution < 1.29 is 9.32 Å². The van der Waals surface area contributed by atoms with E-state index in [1.165, 1.54) is 0 Å². The van der Waals surface area contributed by atoms with Crippen LogP contribution in [0.1, 0.15) is 57.2 Å². The highest BCUT2D eigenvalue weighted by Gasteiger charge is 2.31. The van der Waals surface area contributed by atoms with Crippen molar-refractivity contribution in [1.29, 1.82) is 0 Å². The van der Waals surface area contributed by atoms with Gasteiger partial charge in [-0.1, -0.05) is 19.0 Å². The molecule has 116 valence electrons. The van der Waals surface area contributed by atoms with Crippen molar-refractivity contribution in [2.24, 2.45) is 5.92 Å². The van der Waals surface area contributed by atoms with Crippen LogP contribution in [0.2, 0.25) is 0 Å². The van der Waals surface area contributed by atoms with Gasteiger partial charge in [0.2, 0.25) is 11.8 Å². The molecule has 3 rings (SSSR count). The average Bonchev–Trinajstić information content (AvgIpc) is 3.21. The second kappa shape index (κ2) is 6.13. The molecule has 1 saturated carbocycles. The maximum atomic E-state index is 11.8. The first-order chi connectivity index (χ1) is 10.1. The molecule has 0 unspecified atom stereocenters. The lowest BCUT2D eigenvalue weighted by Gasteiger charge is -2.31. The van der Waals surface area contributed by atoms with Gasteiger partial charge in [0.1, 0.15) is 0 Å². The van der Waals surface area contributed by atoms with Crippen LogP contribution >= 0.6 is 0 Å². The van der Waals surface area contributed by atoms with Crippen molar-refractivity contribution in [3.05, 3.63) is 11.7 Å². The van der Waals surface area contributed by atoms with Crippen LogP contribution in [-0.4, -0.2) is 40.1 Å². The second-order valence-electron chi connectivity index (χ2n) is 6.53. The fourth-order valence-electron chi connectivity index (χ4n) is 2.66. The van der Waals surface area contributed by atoms with Crippen LogP contribution in [0.4, 0.5) is 0 Å². The highest BCUT2D eigenvalue weighted by Crippen LogP contribution is 2.29. The van der Waals surface area contributed by atoms with Gasteiger partial charge in [-0.25, -0.2) is 0 Å². The van der Waals surface area contributed by atoms with Crippen LogP contribution in [0.25, 0.3) is 0 Å². The summed E-state index contributed by atoms with van der Waals surface area (Å²) in [6, 6.07) is 0.336. The summed E-state index contributed by atoms with van der Waals surface area (Å²) in [6.45, 7) is 6.76. The van der Waals surface area contributed by atoms with Gasteiger partial charge in [-0.2, -0.15) is 4.98 Å². The van der Waals surface area contributed by atoms with E-state index in [2.05, 4.69) is 34.2 Å². The number of rotatable bonds is 5. The molecule has 21 heavy (non-hydrogen) atoms. The van der Waals surface area contributed by atoms with Gasteiger partial charge in [0, 0.05) is 31.0 Å². The molecule has 1 aromatic heterocycles. The molecule has 1 N–H and O–H groups in total. The molecule has 0 atom stereocenters. The topological polar surface area (TPSA) is 71.3 Å². The third-order valence-corrected chi connectivity index (χ3v) is 4.24. The summed E-state index contributed by atoms with van der Waals surface area (Å²) in [4.78, 5) is 18.5. The molecular weight excluding hydrogens is 268 g/mol. The van der Waals surface area contributed by atoms with E-state index in [0.717, 1.165) is 44.6 Å². The molecule has 0 spiro atoms. The zero-order chi connectivity index (χ0) is 14.8. The highest BCUT2D eigenvalue weighted by atomic mass is 16.5. The fraction of sp³-hybridized carbons (Fsp3) is 0.800. The summed E-state index contributed by atoms with van der Waals surface area (Å²) in [6.07, 6.45) is 4.15. The zero-order valence-electron chi connectivity index (χ0n) is 12.8. The van der Waals surface area contributed by atoms with Crippen LogP contribution < -0.4 is 5.32 Å². The van der Waals surface area contributed by atoms with Gasteiger partial charge in [-0.05, 0) is 25.7 Å². The van der Waals surface area contributed by atoms with Crippen molar-refractivity contribution in [3.8, 4) is 0 Å². The summed E-state index contributed by atoms with van der Waals surface area (Å²) in [5.74, 6) is 2.32. The Hall–Kier alpha value is -1.43. The number of carbonyl (C=O) groups is 1. The van der Waals surface area contributed by atoms with Crippen LogP contribution in [0.15, 0.2) is 4.52 Å². The molecule has 1 saturated heterocycles. The number of hydrogen-bond donors (Lipinski definition) is 1. The summed E-state index contributed by atoms with van der Waals surface area (Å²) in [7, 11) is 0. The molecule has 6 nitrogen and oxygen atoms in total. The predicted molar refractivity (Wildman–Crippen MR) is 77.6 cm³/mol. The van der Waals surface area contributed by atoms with Gasteiger partial charge in [0.05, 0.1) is 6.54 Å². The molecule has 1 aliphatic heterocycles. The smallest absolute Gasteiger partial charge is 0.240 e. The Kier molecular flexibility index (Phi) is 4.24. The van der Waals surface area contributed by atoms with E-state index in [1.54, 1.807) is 0 Å². The minimum absolute atomic E-state index is 0.256. The van der Waals surface area contributed by atoms with Gasteiger partial charge >= 0.3 is 0 Å². The minimum Gasteiger partial charge on any atom is -0.353 e. The number of carbonyl (C=O) groups excluding carboxylic acids is 1. The quantitative estimate of drug-likeness (QED) is 0.894. The summed E-state index contributed by atoms with van der Waals surface area (Å²) in [5.41, 5.74) is 0. The molecule has 2 aliphatic rings. The summed E-state index contributed by atoms with van der Waals surface area (Å²) in [5, 5.41) is 7.16. The lowest BCUT2D eigenvalue weighted by atomic mass is 10.0. The van der Waals surface area contributed by atoms with Crippen molar-refractivity contribution in [3.63, 3.8) is 0 Å². The molecule has 2 fully saturated rings. The van der Waals surface area contributed by atoms with Gasteiger partial charge < -0.3 is 9.84 Å². The lowest BCUT2D eigenvalue weighted by Crippen LogP contribution is -2.44. The first kappa shape index (κ1) is 14.5. The standard InChI is InChI=1S/C15H24N4O2/c1-10(2)14-17-13(21-18-14)9-19-7-5-12(6-8-19)16-15(20)11-3-4-11/h10-12H,3-9H2,1-2H3,(H,16,20). The highest BCUT2D eigenvalue weighted by molar-refractivity contribution is 5.81. The predicted octanol–water partition coefficient (Wildman–Crippen LogP) is 1.68. The molecule has 0 radical (unpaired) electrons. The van der Waals surface area contributed by atoms with Crippen molar-refractivity contribution in [1.82, 2.24) is 20.4 Å². The van der Waals surface area contributed by atoms with E-state index in [0.29, 0.717) is 30.3 Å². The first-order valence-electron chi connectivity index (χ1n) is 7.97. The SMILES string of the molecule is CC(C)c1noc(CN2CCC(NC(=O)C3CC3)CC2)n1. The van der Waals surface area contributed by atoms with Crippen LogP contribution in [0.3, 0.4) is 0 Å². The fourth-order valence-corrected chi connectivity index (χ4v) is 2.66. The van der Waals surface area contributed by atoms with Crippen LogP contribution in [0.5, 0.6) is 0 Å². The molecule has 6 heteroatoms. The average molecular weight is 292 g/mol. The van der Waals surface area contributed by atoms with Crippen molar-refractivity contribution in [2.45, 2.75) is 58.0 Å². The molecule has 0 aromatic carbocycles. The second-order valence-corrected chi connectivity index (χ2v) is 6.53. The monoisotopic (exact) mass is 292 g/mol. The van der Waals surface area contributed by atoms with Gasteiger partial charge in [0.15, 0.2) is 5.82 Å². The minimum atomic E-state index is 0.256. The summed E-state index contributed by atoms with van der Waals surface area (Å²) < 4.78 is 5.29. The zero-order valence-corrected chi connectivity index (χ0v) is 12.8. The maximum Gasteiger partial charge on any atom is 0.240 e. The van der Waals surface area contributed by atoms with Crippen molar-refractivity contribution >= 4 is 5.91 Å².